The van der Waals surface area contributed by atoms with E-state index in [1.165, 1.54) is 0 Å². The van der Waals surface area contributed by atoms with Gasteiger partial charge in [-0.05, 0) is 0 Å². The van der Waals surface area contributed by atoms with Crippen LogP contribution in [0.25, 0.3) is 0 Å². The van der Waals surface area contributed by atoms with Crippen molar-refractivity contribution in [3.8, 4) is 0 Å². The Hall–Kier alpha value is -2.24. The lowest BCUT2D eigenvalue weighted by Gasteiger charge is -2.29. The lowest BCUT2D eigenvalue weighted by Crippen LogP contribution is -2.58. The molecule has 11 heteroatoms. The van der Waals surface area contributed by atoms with Gasteiger partial charge < -0.3 is 30.8 Å². The van der Waals surface area contributed by atoms with Crippen molar-refractivity contribution in [2.75, 3.05) is 26.2 Å². The number of aliphatic hydroxyl groups excluding tert-OH is 1. The highest BCUT2D eigenvalue weighted by Crippen LogP contribution is 2.08. The molecular formula is C10H16N2O9. The lowest BCUT2D eigenvalue weighted by molar-refractivity contribution is -0.165. The van der Waals surface area contributed by atoms with Crippen LogP contribution in [0, 0.1) is 0 Å². The molecule has 0 aromatic heterocycles. The van der Waals surface area contributed by atoms with Gasteiger partial charge in [-0.25, -0.2) is 19.2 Å². The van der Waals surface area contributed by atoms with E-state index in [1.54, 1.807) is 0 Å². The first-order chi connectivity index (χ1) is 9.73. The monoisotopic (exact) mass is 308 g/mol. The fraction of sp³-hybridized carbons (Fsp3) is 0.600. The van der Waals surface area contributed by atoms with Crippen molar-refractivity contribution >= 4 is 23.9 Å². The highest BCUT2D eigenvalue weighted by Gasteiger charge is 2.43. The second-order valence-corrected chi connectivity index (χ2v) is 3.87. The number of hydrogen-bond donors (Lipinski definition) is 6. The van der Waals surface area contributed by atoms with Crippen molar-refractivity contribution in [2.45, 2.75) is 12.1 Å². The third-order valence-electron chi connectivity index (χ3n) is 2.43. The average Bonchev–Trinajstić information content (AvgIpc) is 2.32. The summed E-state index contributed by atoms with van der Waals surface area (Å²) in [5, 5.41) is 46.6. The van der Waals surface area contributed by atoms with Gasteiger partial charge in [-0.2, -0.15) is 0 Å². The van der Waals surface area contributed by atoms with E-state index in [9.17, 15) is 19.2 Å². The third-order valence-corrected chi connectivity index (χ3v) is 2.43. The summed E-state index contributed by atoms with van der Waals surface area (Å²) in [7, 11) is 0. The van der Waals surface area contributed by atoms with Crippen LogP contribution in [0.15, 0.2) is 0 Å². The first-order valence-corrected chi connectivity index (χ1v) is 5.72. The second-order valence-electron chi connectivity index (χ2n) is 3.87. The Labute approximate surface area is 118 Å². The predicted molar refractivity (Wildman–Crippen MR) is 64.8 cm³/mol. The zero-order chi connectivity index (χ0) is 16.6. The van der Waals surface area contributed by atoms with E-state index < -0.39 is 42.5 Å². The van der Waals surface area contributed by atoms with E-state index in [0.29, 0.717) is 4.90 Å². The maximum atomic E-state index is 11.0. The van der Waals surface area contributed by atoms with E-state index in [1.807, 2.05) is 0 Å². The number of hydrogen-bond acceptors (Lipinski definition) is 7. The Kier molecular flexibility index (Phi) is 7.89. The number of carbonyl (C=O) groups is 4. The molecule has 0 saturated heterocycles. The maximum Gasteiger partial charge on any atom is 0.332 e. The van der Waals surface area contributed by atoms with Crippen molar-refractivity contribution in [1.29, 1.82) is 0 Å². The van der Waals surface area contributed by atoms with E-state index >= 15 is 0 Å². The maximum absolute atomic E-state index is 11.0. The molecule has 0 aromatic carbocycles. The molecule has 0 spiro atoms. The molecular weight excluding hydrogens is 292 g/mol. The molecule has 0 saturated carbocycles. The number of nitrogens with zero attached hydrogens (tertiary/aromatic N) is 1. The summed E-state index contributed by atoms with van der Waals surface area (Å²) < 4.78 is 0. The largest absolute Gasteiger partial charge is 0.480 e. The topological polar surface area (TPSA) is 185 Å². The zero-order valence-electron chi connectivity index (χ0n) is 10.8. The molecule has 11 nitrogen and oxygen atoms in total. The number of carboxylic acids is 4. The Bertz CT molecular complexity index is 351. The van der Waals surface area contributed by atoms with Crippen LogP contribution in [0.2, 0.25) is 0 Å². The summed E-state index contributed by atoms with van der Waals surface area (Å²) in [6, 6.07) is -4.64. The lowest BCUT2D eigenvalue weighted by atomic mass is 10.1. The van der Waals surface area contributed by atoms with Crippen molar-refractivity contribution in [2.24, 2.45) is 0 Å². The average molecular weight is 308 g/mol. The van der Waals surface area contributed by atoms with Gasteiger partial charge in [0.2, 0.25) is 12.1 Å². The van der Waals surface area contributed by atoms with Crippen molar-refractivity contribution < 1.29 is 44.7 Å². The van der Waals surface area contributed by atoms with Gasteiger partial charge in [0.1, 0.15) is 0 Å². The van der Waals surface area contributed by atoms with Crippen LogP contribution in [0.4, 0.5) is 0 Å². The zero-order valence-corrected chi connectivity index (χ0v) is 10.8. The summed E-state index contributed by atoms with van der Waals surface area (Å²) in [6.07, 6.45) is 0. The molecule has 21 heavy (non-hydrogen) atoms. The third kappa shape index (κ3) is 5.72. The molecule has 0 heterocycles. The second kappa shape index (κ2) is 8.84. The minimum atomic E-state index is -2.32. The molecule has 120 valence electrons. The minimum absolute atomic E-state index is 0.101. The fourth-order valence-corrected chi connectivity index (χ4v) is 1.60. The van der Waals surface area contributed by atoms with Gasteiger partial charge in [0.25, 0.3) is 0 Å². The smallest absolute Gasteiger partial charge is 0.332 e. The first-order valence-electron chi connectivity index (χ1n) is 5.72. The van der Waals surface area contributed by atoms with Crippen LogP contribution < -0.4 is 5.32 Å². The molecule has 6 N–H and O–H groups in total. The first kappa shape index (κ1) is 18.8. The highest BCUT2D eigenvalue weighted by molar-refractivity contribution is 6.02. The van der Waals surface area contributed by atoms with Crippen molar-refractivity contribution in [3.05, 3.63) is 0 Å². The van der Waals surface area contributed by atoms with Gasteiger partial charge in [-0.1, -0.05) is 0 Å². The highest BCUT2D eigenvalue weighted by atomic mass is 16.4. The van der Waals surface area contributed by atoms with Gasteiger partial charge in [-0.15, -0.1) is 0 Å². The van der Waals surface area contributed by atoms with Crippen LogP contribution in [0.5, 0.6) is 0 Å². The summed E-state index contributed by atoms with van der Waals surface area (Å²) in [5.74, 6) is -7.51. The van der Waals surface area contributed by atoms with Crippen LogP contribution in [0.3, 0.4) is 0 Å². The van der Waals surface area contributed by atoms with Gasteiger partial charge in [0.05, 0.1) is 6.61 Å². The van der Waals surface area contributed by atoms with Crippen LogP contribution in [0.1, 0.15) is 0 Å². The van der Waals surface area contributed by atoms with E-state index in [0.717, 1.165) is 0 Å². The Morgan fingerprint density at radius 3 is 1.48 bits per heavy atom. The Balaban J connectivity index is 5.31. The van der Waals surface area contributed by atoms with Crippen molar-refractivity contribution in [1.82, 2.24) is 10.2 Å². The number of aliphatic hydroxyl groups is 1. The van der Waals surface area contributed by atoms with Gasteiger partial charge >= 0.3 is 23.9 Å². The molecule has 0 aliphatic rings. The predicted octanol–water partition coefficient (Wildman–Crippen LogP) is -3.05. The summed E-state index contributed by atoms with van der Waals surface area (Å²) in [5.41, 5.74) is 0. The number of aliphatic carboxylic acids is 4. The summed E-state index contributed by atoms with van der Waals surface area (Å²) in [4.78, 5) is 44.1. The van der Waals surface area contributed by atoms with E-state index in [4.69, 9.17) is 25.5 Å². The number of nitrogens with one attached hydrogen (secondary N) is 1. The molecule has 0 radical (unpaired) electrons. The standard InChI is InChI=1S/C10H16N2O9/c13-4-2-11-1-3-12(5(7(14)15)8(16)17)6(9(18)19)10(20)21/h5-6,11,13H,1-4H2,(H,14,15)(H,16,17)(H,18,19)(H,20,21). The SMILES string of the molecule is O=C(O)C(C(=O)O)N(CCNCCO)C(C(=O)O)C(=O)O. The molecule has 0 fully saturated rings. The number of carboxylic acid groups (broad SMARTS) is 4. The molecule has 0 aliphatic carbocycles. The molecule has 0 rings (SSSR count). The summed E-state index contributed by atoms with van der Waals surface area (Å²) >= 11 is 0. The molecule has 0 aliphatic heterocycles. The number of rotatable bonds is 11. The van der Waals surface area contributed by atoms with E-state index in [2.05, 4.69) is 5.32 Å². The van der Waals surface area contributed by atoms with Crippen LogP contribution in [-0.4, -0.2) is 92.6 Å². The van der Waals surface area contributed by atoms with Crippen LogP contribution in [-0.2, 0) is 19.2 Å². The normalized spacial score (nSPS) is 11.0. The quantitative estimate of drug-likeness (QED) is 0.168. The summed E-state index contributed by atoms with van der Waals surface area (Å²) in [6.45, 7) is -0.715. The van der Waals surface area contributed by atoms with Gasteiger partial charge in [0, 0.05) is 19.6 Å². The minimum Gasteiger partial charge on any atom is -0.480 e. The molecule has 0 atom stereocenters. The Morgan fingerprint density at radius 1 is 0.810 bits per heavy atom. The van der Waals surface area contributed by atoms with Gasteiger partial charge in [-0.3, -0.25) is 4.90 Å². The fourth-order valence-electron chi connectivity index (χ4n) is 1.60. The molecule has 0 bridgehead atoms. The molecule has 0 unspecified atom stereocenters. The van der Waals surface area contributed by atoms with Gasteiger partial charge in [0.15, 0.2) is 0 Å². The van der Waals surface area contributed by atoms with E-state index in [-0.39, 0.29) is 19.7 Å². The van der Waals surface area contributed by atoms with Crippen LogP contribution >= 0.6 is 0 Å². The Morgan fingerprint density at radius 2 is 1.19 bits per heavy atom. The molecule has 0 aromatic rings. The molecule has 0 amide bonds. The van der Waals surface area contributed by atoms with Crippen molar-refractivity contribution in [3.63, 3.8) is 0 Å².